The molecule has 0 radical (unpaired) electrons. The number of hydrogen-bond acceptors (Lipinski definition) is 3. The number of hydrogen-bond donors (Lipinski definition) is 1. The van der Waals surface area contributed by atoms with E-state index in [1.807, 2.05) is 13.0 Å². The maximum atomic E-state index is 13.0. The maximum absolute atomic E-state index is 13.0. The second kappa shape index (κ2) is 5.85. The van der Waals surface area contributed by atoms with E-state index in [2.05, 4.69) is 0 Å². The van der Waals surface area contributed by atoms with Gasteiger partial charge in [0.2, 0.25) is 0 Å². The molecule has 17 heavy (non-hydrogen) atoms. The molecule has 0 aliphatic rings. The number of aromatic hydroxyl groups is 1. The lowest BCUT2D eigenvalue weighted by atomic mass is 10.1. The van der Waals surface area contributed by atoms with Crippen molar-refractivity contribution >= 4 is 5.91 Å². The van der Waals surface area contributed by atoms with Crippen molar-refractivity contribution in [1.82, 2.24) is 4.90 Å². The second-order valence-corrected chi connectivity index (χ2v) is 3.55. The SMILES string of the molecule is CCCN(CC#N)C(=O)c1cc(F)ccc1O. The molecule has 1 amide bonds. The number of rotatable bonds is 4. The monoisotopic (exact) mass is 236 g/mol. The van der Waals surface area contributed by atoms with Gasteiger partial charge in [-0.2, -0.15) is 5.26 Å². The normalized spacial score (nSPS) is 9.71. The molecule has 1 rings (SSSR count). The molecular formula is C12H13FN2O2. The molecular weight excluding hydrogens is 223 g/mol. The van der Waals surface area contributed by atoms with Gasteiger partial charge < -0.3 is 10.0 Å². The van der Waals surface area contributed by atoms with Gasteiger partial charge in [-0.15, -0.1) is 0 Å². The fourth-order valence-corrected chi connectivity index (χ4v) is 1.46. The summed E-state index contributed by atoms with van der Waals surface area (Å²) in [7, 11) is 0. The number of carbonyl (C=O) groups is 1. The average molecular weight is 236 g/mol. The van der Waals surface area contributed by atoms with E-state index < -0.39 is 11.7 Å². The van der Waals surface area contributed by atoms with Crippen LogP contribution >= 0.6 is 0 Å². The number of halogens is 1. The topological polar surface area (TPSA) is 64.3 Å². The van der Waals surface area contributed by atoms with Gasteiger partial charge in [0, 0.05) is 6.54 Å². The summed E-state index contributed by atoms with van der Waals surface area (Å²) in [6, 6.07) is 5.03. The number of phenols is 1. The van der Waals surface area contributed by atoms with E-state index >= 15 is 0 Å². The van der Waals surface area contributed by atoms with Crippen LogP contribution in [0, 0.1) is 17.1 Å². The van der Waals surface area contributed by atoms with Gasteiger partial charge >= 0.3 is 0 Å². The number of nitrogens with zero attached hydrogens (tertiary/aromatic N) is 2. The maximum Gasteiger partial charge on any atom is 0.258 e. The molecule has 1 aromatic carbocycles. The van der Waals surface area contributed by atoms with Crippen molar-refractivity contribution in [3.05, 3.63) is 29.6 Å². The van der Waals surface area contributed by atoms with E-state index in [9.17, 15) is 14.3 Å². The first kappa shape index (κ1) is 13.0. The molecule has 0 saturated carbocycles. The Hall–Kier alpha value is -2.09. The van der Waals surface area contributed by atoms with Gasteiger partial charge in [-0.05, 0) is 24.6 Å². The van der Waals surface area contributed by atoms with Gasteiger partial charge in [0.25, 0.3) is 5.91 Å². The Morgan fingerprint density at radius 1 is 1.59 bits per heavy atom. The summed E-state index contributed by atoms with van der Waals surface area (Å²) in [6.45, 7) is 2.17. The first-order chi connectivity index (χ1) is 8.10. The third kappa shape index (κ3) is 3.18. The smallest absolute Gasteiger partial charge is 0.258 e. The summed E-state index contributed by atoms with van der Waals surface area (Å²) in [5, 5.41) is 18.1. The zero-order chi connectivity index (χ0) is 12.8. The van der Waals surface area contributed by atoms with Crippen LogP contribution in [0.25, 0.3) is 0 Å². The summed E-state index contributed by atoms with van der Waals surface area (Å²) in [6.07, 6.45) is 0.684. The highest BCUT2D eigenvalue weighted by atomic mass is 19.1. The van der Waals surface area contributed by atoms with Crippen LogP contribution in [-0.2, 0) is 0 Å². The summed E-state index contributed by atoms with van der Waals surface area (Å²) >= 11 is 0. The molecule has 0 aliphatic heterocycles. The lowest BCUT2D eigenvalue weighted by Gasteiger charge is -2.19. The molecule has 0 saturated heterocycles. The molecule has 0 unspecified atom stereocenters. The number of phenolic OH excluding ortho intramolecular Hbond substituents is 1. The number of benzene rings is 1. The molecule has 0 fully saturated rings. The minimum atomic E-state index is -0.598. The first-order valence-electron chi connectivity index (χ1n) is 5.25. The number of carbonyl (C=O) groups excluding carboxylic acids is 1. The summed E-state index contributed by atoms with van der Waals surface area (Å²) in [5.41, 5.74) is -0.117. The van der Waals surface area contributed by atoms with Crippen LogP contribution in [0.1, 0.15) is 23.7 Å². The quantitative estimate of drug-likeness (QED) is 0.812. The zero-order valence-corrected chi connectivity index (χ0v) is 9.48. The molecule has 0 atom stereocenters. The van der Waals surface area contributed by atoms with Crippen LogP contribution in [0.4, 0.5) is 4.39 Å². The summed E-state index contributed by atoms with van der Waals surface area (Å²) in [4.78, 5) is 13.2. The fraction of sp³-hybridized carbons (Fsp3) is 0.333. The first-order valence-corrected chi connectivity index (χ1v) is 5.25. The van der Waals surface area contributed by atoms with Crippen molar-refractivity contribution < 1.29 is 14.3 Å². The van der Waals surface area contributed by atoms with Crippen molar-refractivity contribution in [3.63, 3.8) is 0 Å². The lowest BCUT2D eigenvalue weighted by molar-refractivity contribution is 0.0772. The molecule has 1 aromatic rings. The number of nitriles is 1. The summed E-state index contributed by atoms with van der Waals surface area (Å²) in [5.74, 6) is -1.42. The van der Waals surface area contributed by atoms with Crippen LogP contribution in [0.2, 0.25) is 0 Å². The van der Waals surface area contributed by atoms with Crippen LogP contribution < -0.4 is 0 Å². The van der Waals surface area contributed by atoms with Gasteiger partial charge in [-0.1, -0.05) is 6.92 Å². The second-order valence-electron chi connectivity index (χ2n) is 3.55. The van der Waals surface area contributed by atoms with E-state index in [1.165, 1.54) is 4.90 Å². The van der Waals surface area contributed by atoms with E-state index in [0.29, 0.717) is 13.0 Å². The minimum absolute atomic E-state index is 0.0807. The third-order valence-corrected chi connectivity index (χ3v) is 2.23. The highest BCUT2D eigenvalue weighted by Crippen LogP contribution is 2.19. The molecule has 1 N–H and O–H groups in total. The molecule has 0 aromatic heterocycles. The Kier molecular flexibility index (Phi) is 4.46. The van der Waals surface area contributed by atoms with Gasteiger partial charge in [0.05, 0.1) is 11.6 Å². The molecule has 0 heterocycles. The molecule has 0 spiro atoms. The van der Waals surface area contributed by atoms with E-state index in [-0.39, 0.29) is 17.9 Å². The third-order valence-electron chi connectivity index (χ3n) is 2.23. The lowest BCUT2D eigenvalue weighted by Crippen LogP contribution is -2.32. The zero-order valence-electron chi connectivity index (χ0n) is 9.48. The highest BCUT2D eigenvalue weighted by Gasteiger charge is 2.18. The minimum Gasteiger partial charge on any atom is -0.507 e. The average Bonchev–Trinajstić information content (AvgIpc) is 2.31. The molecule has 4 nitrogen and oxygen atoms in total. The van der Waals surface area contributed by atoms with Crippen molar-refractivity contribution in [2.45, 2.75) is 13.3 Å². The predicted molar refractivity (Wildman–Crippen MR) is 59.9 cm³/mol. The molecule has 0 bridgehead atoms. The standard InChI is InChI=1S/C12H13FN2O2/c1-2-6-15(7-5-14)12(17)10-8-9(13)3-4-11(10)16/h3-4,8,16H,2,6-7H2,1H3. The predicted octanol–water partition coefficient (Wildman–Crippen LogP) is 1.91. The van der Waals surface area contributed by atoms with Crippen molar-refractivity contribution in [1.29, 1.82) is 5.26 Å². The van der Waals surface area contributed by atoms with Gasteiger partial charge in [-0.3, -0.25) is 4.79 Å². The van der Waals surface area contributed by atoms with E-state index in [1.54, 1.807) is 0 Å². The molecule has 0 aliphatic carbocycles. The van der Waals surface area contributed by atoms with Gasteiger partial charge in [0.15, 0.2) is 0 Å². The fourth-order valence-electron chi connectivity index (χ4n) is 1.46. The summed E-state index contributed by atoms with van der Waals surface area (Å²) < 4.78 is 13.0. The number of amides is 1. The van der Waals surface area contributed by atoms with Crippen LogP contribution in [0.15, 0.2) is 18.2 Å². The largest absolute Gasteiger partial charge is 0.507 e. The molecule has 5 heteroatoms. The van der Waals surface area contributed by atoms with Crippen LogP contribution in [-0.4, -0.2) is 29.0 Å². The molecule has 90 valence electrons. The van der Waals surface area contributed by atoms with E-state index in [0.717, 1.165) is 18.2 Å². The Labute approximate surface area is 98.9 Å². The Bertz CT molecular complexity index is 454. The van der Waals surface area contributed by atoms with Crippen molar-refractivity contribution in [2.75, 3.05) is 13.1 Å². The van der Waals surface area contributed by atoms with E-state index in [4.69, 9.17) is 5.26 Å². The Morgan fingerprint density at radius 2 is 2.29 bits per heavy atom. The Balaban J connectivity index is 3.00. The van der Waals surface area contributed by atoms with Crippen LogP contribution in [0.5, 0.6) is 5.75 Å². The Morgan fingerprint density at radius 3 is 2.88 bits per heavy atom. The van der Waals surface area contributed by atoms with Gasteiger partial charge in [-0.25, -0.2) is 4.39 Å². The van der Waals surface area contributed by atoms with Crippen molar-refractivity contribution in [3.8, 4) is 11.8 Å². The van der Waals surface area contributed by atoms with Crippen molar-refractivity contribution in [2.24, 2.45) is 0 Å². The highest BCUT2D eigenvalue weighted by molar-refractivity contribution is 5.96. The van der Waals surface area contributed by atoms with Crippen LogP contribution in [0.3, 0.4) is 0 Å². The van der Waals surface area contributed by atoms with Gasteiger partial charge in [0.1, 0.15) is 18.1 Å².